The van der Waals surface area contributed by atoms with Gasteiger partial charge in [0.25, 0.3) is 5.24 Å². The second-order valence-electron chi connectivity index (χ2n) is 4.87. The standard InChI is InChI=1S/C16H13N3O3S/c20-14(18-11-6-8-17-9-7-11)10-13-15(21)19(16(22)23-13)12-4-2-1-3-5-12/h1-9,13H,10H2,(H,17,18,20)/t13-/m0/s1. The monoisotopic (exact) mass is 327 g/mol. The first-order valence-corrected chi connectivity index (χ1v) is 7.82. The summed E-state index contributed by atoms with van der Waals surface area (Å²) in [5.74, 6) is -0.680. The molecule has 0 spiro atoms. The van der Waals surface area contributed by atoms with E-state index in [1.165, 1.54) is 0 Å². The molecule has 1 saturated heterocycles. The van der Waals surface area contributed by atoms with E-state index in [0.29, 0.717) is 11.4 Å². The molecule has 2 aromatic rings. The molecule has 2 heterocycles. The van der Waals surface area contributed by atoms with Gasteiger partial charge in [-0.3, -0.25) is 19.4 Å². The van der Waals surface area contributed by atoms with E-state index < -0.39 is 5.25 Å². The Morgan fingerprint density at radius 2 is 1.83 bits per heavy atom. The molecule has 3 rings (SSSR count). The van der Waals surface area contributed by atoms with Gasteiger partial charge in [-0.25, -0.2) is 4.90 Å². The number of carbonyl (C=O) groups excluding carboxylic acids is 3. The second-order valence-corrected chi connectivity index (χ2v) is 6.02. The molecule has 7 heteroatoms. The van der Waals surface area contributed by atoms with Gasteiger partial charge < -0.3 is 5.32 Å². The van der Waals surface area contributed by atoms with Crippen LogP contribution in [0.1, 0.15) is 6.42 Å². The van der Waals surface area contributed by atoms with E-state index >= 15 is 0 Å². The zero-order valence-corrected chi connectivity index (χ0v) is 12.8. The number of nitrogens with one attached hydrogen (secondary N) is 1. The molecule has 116 valence electrons. The van der Waals surface area contributed by atoms with Gasteiger partial charge in [0.15, 0.2) is 0 Å². The topological polar surface area (TPSA) is 79.4 Å². The van der Waals surface area contributed by atoms with E-state index in [2.05, 4.69) is 10.3 Å². The molecule has 1 fully saturated rings. The van der Waals surface area contributed by atoms with Crippen LogP contribution in [0.25, 0.3) is 0 Å². The molecule has 0 unspecified atom stereocenters. The predicted octanol–water partition coefficient (Wildman–Crippen LogP) is 2.68. The summed E-state index contributed by atoms with van der Waals surface area (Å²) in [6, 6.07) is 12.0. The van der Waals surface area contributed by atoms with Gasteiger partial charge in [0, 0.05) is 24.5 Å². The van der Waals surface area contributed by atoms with Crippen LogP contribution in [0, 0.1) is 0 Å². The molecule has 3 amide bonds. The predicted molar refractivity (Wildman–Crippen MR) is 88.2 cm³/mol. The minimum absolute atomic E-state index is 0.0547. The van der Waals surface area contributed by atoms with Gasteiger partial charge >= 0.3 is 0 Å². The summed E-state index contributed by atoms with van der Waals surface area (Å²) in [5, 5.41) is 1.62. The highest BCUT2D eigenvalue weighted by atomic mass is 32.2. The van der Waals surface area contributed by atoms with Gasteiger partial charge in [0.1, 0.15) is 5.25 Å². The molecule has 1 atom stereocenters. The van der Waals surface area contributed by atoms with Crippen molar-refractivity contribution >= 4 is 40.2 Å². The molecule has 1 N–H and O–H groups in total. The maximum atomic E-state index is 12.4. The maximum absolute atomic E-state index is 12.4. The Bertz CT molecular complexity index is 737. The highest BCUT2D eigenvalue weighted by molar-refractivity contribution is 8.15. The Labute approximate surface area is 136 Å². The first-order chi connectivity index (χ1) is 11.1. The number of rotatable bonds is 4. The summed E-state index contributed by atoms with van der Waals surface area (Å²) in [6.07, 6.45) is 3.07. The number of anilines is 2. The number of para-hydroxylation sites is 1. The smallest absolute Gasteiger partial charge is 0.293 e. The molecular formula is C16H13N3O3S. The fourth-order valence-electron chi connectivity index (χ4n) is 2.21. The lowest BCUT2D eigenvalue weighted by atomic mass is 10.2. The Morgan fingerprint density at radius 1 is 1.13 bits per heavy atom. The number of nitrogens with zero attached hydrogens (tertiary/aromatic N) is 2. The first-order valence-electron chi connectivity index (χ1n) is 6.94. The summed E-state index contributed by atoms with van der Waals surface area (Å²) in [7, 11) is 0. The molecule has 0 radical (unpaired) electrons. The number of thioether (sulfide) groups is 1. The summed E-state index contributed by atoms with van der Waals surface area (Å²) in [5.41, 5.74) is 1.12. The van der Waals surface area contributed by atoms with Crippen molar-refractivity contribution in [1.29, 1.82) is 0 Å². The van der Waals surface area contributed by atoms with Crippen LogP contribution in [-0.2, 0) is 9.59 Å². The normalized spacial score (nSPS) is 17.4. The van der Waals surface area contributed by atoms with Crippen LogP contribution in [0.3, 0.4) is 0 Å². The quantitative estimate of drug-likeness (QED) is 0.934. The maximum Gasteiger partial charge on any atom is 0.293 e. The van der Waals surface area contributed by atoms with Crippen molar-refractivity contribution in [1.82, 2.24) is 4.98 Å². The van der Waals surface area contributed by atoms with Crippen LogP contribution in [0.4, 0.5) is 16.2 Å². The number of pyridine rings is 1. The second kappa shape index (κ2) is 6.62. The lowest BCUT2D eigenvalue weighted by Crippen LogP contribution is -2.32. The third-order valence-electron chi connectivity index (χ3n) is 3.27. The summed E-state index contributed by atoms with van der Waals surface area (Å²) in [4.78, 5) is 41.5. The third-order valence-corrected chi connectivity index (χ3v) is 4.31. The van der Waals surface area contributed by atoms with Crippen LogP contribution in [0.5, 0.6) is 0 Å². The van der Waals surface area contributed by atoms with Crippen molar-refractivity contribution in [3.05, 3.63) is 54.9 Å². The zero-order valence-electron chi connectivity index (χ0n) is 12.0. The molecule has 1 aliphatic rings. The highest BCUT2D eigenvalue weighted by Crippen LogP contribution is 2.33. The molecule has 0 bridgehead atoms. The van der Waals surface area contributed by atoms with E-state index in [-0.39, 0.29) is 23.5 Å². The number of aromatic nitrogens is 1. The van der Waals surface area contributed by atoms with Crippen molar-refractivity contribution in [2.45, 2.75) is 11.7 Å². The number of amides is 3. The molecule has 1 aliphatic heterocycles. The number of benzene rings is 1. The molecular weight excluding hydrogens is 314 g/mol. The van der Waals surface area contributed by atoms with E-state index in [0.717, 1.165) is 16.7 Å². The van der Waals surface area contributed by atoms with E-state index in [1.54, 1.807) is 54.9 Å². The van der Waals surface area contributed by atoms with Crippen LogP contribution in [0.15, 0.2) is 54.9 Å². The van der Waals surface area contributed by atoms with Gasteiger partial charge in [0.05, 0.1) is 5.69 Å². The largest absolute Gasteiger partial charge is 0.326 e. The lowest BCUT2D eigenvalue weighted by Gasteiger charge is -2.13. The van der Waals surface area contributed by atoms with Gasteiger partial charge in [-0.2, -0.15) is 0 Å². The highest BCUT2D eigenvalue weighted by Gasteiger charge is 2.41. The SMILES string of the molecule is O=C(C[C@@H]1SC(=O)N(c2ccccc2)C1=O)Nc1ccncc1. The van der Waals surface area contributed by atoms with Crippen LogP contribution in [-0.4, -0.2) is 27.3 Å². The van der Waals surface area contributed by atoms with Crippen molar-refractivity contribution in [3.8, 4) is 0 Å². The third kappa shape index (κ3) is 3.40. The minimum Gasteiger partial charge on any atom is -0.326 e. The van der Waals surface area contributed by atoms with Gasteiger partial charge in [-0.05, 0) is 36.0 Å². The molecule has 23 heavy (non-hydrogen) atoms. The Kier molecular flexibility index (Phi) is 4.38. The van der Waals surface area contributed by atoms with Crippen molar-refractivity contribution < 1.29 is 14.4 Å². The zero-order chi connectivity index (χ0) is 16.2. The number of hydrogen-bond acceptors (Lipinski definition) is 5. The Hall–Kier alpha value is -2.67. The Morgan fingerprint density at radius 3 is 2.52 bits per heavy atom. The lowest BCUT2D eigenvalue weighted by molar-refractivity contribution is -0.121. The van der Waals surface area contributed by atoms with Crippen molar-refractivity contribution in [2.24, 2.45) is 0 Å². The van der Waals surface area contributed by atoms with Crippen LogP contribution >= 0.6 is 11.8 Å². The average Bonchev–Trinajstić information content (AvgIpc) is 2.83. The van der Waals surface area contributed by atoms with Gasteiger partial charge in [-0.1, -0.05) is 18.2 Å². The Balaban J connectivity index is 1.67. The average molecular weight is 327 g/mol. The number of hydrogen-bond donors (Lipinski definition) is 1. The first kappa shape index (κ1) is 15.2. The fraction of sp³-hybridized carbons (Fsp3) is 0.125. The van der Waals surface area contributed by atoms with Crippen LogP contribution < -0.4 is 10.2 Å². The molecule has 6 nitrogen and oxygen atoms in total. The molecule has 1 aromatic heterocycles. The fourth-order valence-corrected chi connectivity index (χ4v) is 3.20. The molecule has 0 aliphatic carbocycles. The van der Waals surface area contributed by atoms with E-state index in [1.807, 2.05) is 0 Å². The minimum atomic E-state index is -0.704. The van der Waals surface area contributed by atoms with Gasteiger partial charge in [0.2, 0.25) is 11.8 Å². The van der Waals surface area contributed by atoms with Crippen LogP contribution in [0.2, 0.25) is 0 Å². The van der Waals surface area contributed by atoms with Crippen molar-refractivity contribution in [2.75, 3.05) is 10.2 Å². The number of imide groups is 1. The van der Waals surface area contributed by atoms with Crippen molar-refractivity contribution in [3.63, 3.8) is 0 Å². The summed E-state index contributed by atoms with van der Waals surface area (Å²) < 4.78 is 0. The van der Waals surface area contributed by atoms with E-state index in [9.17, 15) is 14.4 Å². The molecule has 1 aromatic carbocycles. The molecule has 0 saturated carbocycles. The van der Waals surface area contributed by atoms with Gasteiger partial charge in [-0.15, -0.1) is 0 Å². The van der Waals surface area contributed by atoms with E-state index in [4.69, 9.17) is 0 Å². The summed E-state index contributed by atoms with van der Waals surface area (Å²) in [6.45, 7) is 0. The summed E-state index contributed by atoms with van der Waals surface area (Å²) >= 11 is 0.880. The number of carbonyl (C=O) groups is 3.